The fourth-order valence-electron chi connectivity index (χ4n) is 3.44. The number of aryl methyl sites for hydroxylation is 1. The van der Waals surface area contributed by atoms with E-state index in [1.54, 1.807) is 17.4 Å². The second-order valence-electron chi connectivity index (χ2n) is 6.98. The van der Waals surface area contributed by atoms with Gasteiger partial charge in [-0.3, -0.25) is 4.79 Å². The van der Waals surface area contributed by atoms with E-state index in [0.717, 1.165) is 51.3 Å². The molecule has 0 saturated carbocycles. The molecule has 0 radical (unpaired) electrons. The molecule has 0 saturated heterocycles. The van der Waals surface area contributed by atoms with E-state index in [1.165, 1.54) is 17.4 Å². The lowest BCUT2D eigenvalue weighted by atomic mass is 10.0. The number of rotatable bonds is 6. The van der Waals surface area contributed by atoms with E-state index in [9.17, 15) is 18.0 Å². The van der Waals surface area contributed by atoms with E-state index in [4.69, 9.17) is 4.98 Å². The molecule has 4 rings (SSSR count). The van der Waals surface area contributed by atoms with E-state index in [2.05, 4.69) is 0 Å². The predicted molar refractivity (Wildman–Crippen MR) is 116 cm³/mol. The number of pyridine rings is 1. The molecular formula is C23H18F3NOS2. The van der Waals surface area contributed by atoms with E-state index in [0.29, 0.717) is 10.4 Å². The lowest BCUT2D eigenvalue weighted by molar-refractivity contribution is -0.137. The molecule has 30 heavy (non-hydrogen) atoms. The van der Waals surface area contributed by atoms with Crippen LogP contribution in [0.5, 0.6) is 0 Å². The normalized spacial score (nSPS) is 11.9. The van der Waals surface area contributed by atoms with Gasteiger partial charge < -0.3 is 0 Å². The highest BCUT2D eigenvalue weighted by molar-refractivity contribution is 7.20. The van der Waals surface area contributed by atoms with Gasteiger partial charge in [-0.25, -0.2) is 4.98 Å². The summed E-state index contributed by atoms with van der Waals surface area (Å²) in [7, 11) is 0. The average molecular weight is 446 g/mol. The predicted octanol–water partition coefficient (Wildman–Crippen LogP) is 7.42. The third kappa shape index (κ3) is 4.18. The molecule has 0 fully saturated rings. The molecule has 0 spiro atoms. The van der Waals surface area contributed by atoms with Crippen LogP contribution >= 0.6 is 22.7 Å². The zero-order valence-corrected chi connectivity index (χ0v) is 17.8. The molecule has 4 aromatic rings. The molecule has 0 unspecified atom stereocenters. The van der Waals surface area contributed by atoms with Crippen LogP contribution in [0.25, 0.3) is 20.8 Å². The number of carbonyl (C=O) groups excluding carboxylic acids is 1. The second kappa shape index (κ2) is 8.32. The summed E-state index contributed by atoms with van der Waals surface area (Å²) in [5.41, 5.74) is 1.43. The average Bonchev–Trinajstić information content (AvgIpc) is 3.36. The van der Waals surface area contributed by atoms with Crippen LogP contribution in [0.15, 0.2) is 53.9 Å². The summed E-state index contributed by atoms with van der Waals surface area (Å²) >= 11 is 2.93. The van der Waals surface area contributed by atoms with Gasteiger partial charge in [-0.05, 0) is 47.2 Å². The number of aromatic nitrogens is 1. The van der Waals surface area contributed by atoms with Gasteiger partial charge in [0, 0.05) is 11.8 Å². The Bertz CT molecular complexity index is 1190. The molecule has 0 aliphatic carbocycles. The molecule has 0 bridgehead atoms. The summed E-state index contributed by atoms with van der Waals surface area (Å²) in [6, 6.07) is 12.9. The van der Waals surface area contributed by atoms with Gasteiger partial charge >= 0.3 is 6.18 Å². The van der Waals surface area contributed by atoms with Crippen molar-refractivity contribution in [2.75, 3.05) is 0 Å². The van der Waals surface area contributed by atoms with Crippen LogP contribution in [-0.2, 0) is 19.0 Å². The summed E-state index contributed by atoms with van der Waals surface area (Å²) in [6.07, 6.45) is -2.90. The summed E-state index contributed by atoms with van der Waals surface area (Å²) in [6.45, 7) is 2.04. The number of nitrogens with zero attached hydrogens (tertiary/aromatic N) is 1. The smallest absolute Gasteiger partial charge is 0.293 e. The number of Topliss-reactive ketones (excluding diaryl/α,β-unsaturated/α-hetero) is 1. The van der Waals surface area contributed by atoms with Gasteiger partial charge in [0.25, 0.3) is 0 Å². The van der Waals surface area contributed by atoms with Crippen molar-refractivity contribution in [1.29, 1.82) is 0 Å². The van der Waals surface area contributed by atoms with Crippen molar-refractivity contribution >= 4 is 38.7 Å². The van der Waals surface area contributed by atoms with Crippen molar-refractivity contribution in [2.45, 2.75) is 32.4 Å². The molecule has 0 aliphatic heterocycles. The maximum atomic E-state index is 13.1. The molecular weight excluding hydrogens is 427 g/mol. The minimum atomic E-state index is -4.42. The SMILES string of the molecule is CCCc1c(C(=O)Cc2cccc(C(F)(F)F)c2)sc2nc(-c3cccs3)ccc12. The van der Waals surface area contributed by atoms with E-state index < -0.39 is 11.7 Å². The standard InChI is InChI=1S/C23H18F3NOS2/c1-2-5-16-17-9-10-18(20-8-4-11-29-20)27-22(17)30-21(16)19(28)13-14-6-3-7-15(12-14)23(24,25)26/h3-4,6-12H,2,5,13H2,1H3. The Morgan fingerprint density at radius 2 is 1.93 bits per heavy atom. The highest BCUT2D eigenvalue weighted by Gasteiger charge is 2.30. The van der Waals surface area contributed by atoms with Crippen LogP contribution in [0.1, 0.15) is 39.7 Å². The Hall–Kier alpha value is -2.51. The summed E-state index contributed by atoms with van der Waals surface area (Å²) < 4.78 is 39.0. The maximum Gasteiger partial charge on any atom is 0.416 e. The van der Waals surface area contributed by atoms with Crippen LogP contribution in [-0.4, -0.2) is 10.8 Å². The number of carbonyl (C=O) groups is 1. The number of fused-ring (bicyclic) bond motifs is 1. The van der Waals surface area contributed by atoms with Crippen LogP contribution in [0.3, 0.4) is 0 Å². The van der Waals surface area contributed by atoms with E-state index in [-0.39, 0.29) is 12.2 Å². The first-order valence-electron chi connectivity index (χ1n) is 9.52. The Balaban J connectivity index is 1.70. The lowest BCUT2D eigenvalue weighted by Crippen LogP contribution is -2.08. The molecule has 3 heterocycles. The van der Waals surface area contributed by atoms with Gasteiger partial charge in [0.2, 0.25) is 0 Å². The van der Waals surface area contributed by atoms with Crippen molar-refractivity contribution in [2.24, 2.45) is 0 Å². The Morgan fingerprint density at radius 1 is 1.10 bits per heavy atom. The summed E-state index contributed by atoms with van der Waals surface area (Å²) in [5.74, 6) is -0.168. The first-order valence-corrected chi connectivity index (χ1v) is 11.2. The molecule has 0 atom stereocenters. The number of hydrogen-bond donors (Lipinski definition) is 0. The zero-order valence-electron chi connectivity index (χ0n) is 16.1. The van der Waals surface area contributed by atoms with Gasteiger partial charge in [-0.15, -0.1) is 22.7 Å². The Kier molecular flexibility index (Phi) is 5.75. The summed E-state index contributed by atoms with van der Waals surface area (Å²) in [5, 5.41) is 2.94. The van der Waals surface area contributed by atoms with Crippen molar-refractivity contribution in [3.8, 4) is 10.6 Å². The quantitative estimate of drug-likeness (QED) is 0.289. The number of benzene rings is 1. The van der Waals surface area contributed by atoms with Crippen molar-refractivity contribution in [3.05, 3.63) is 75.5 Å². The topological polar surface area (TPSA) is 30.0 Å². The van der Waals surface area contributed by atoms with Gasteiger partial charge in [0.15, 0.2) is 5.78 Å². The molecule has 2 nitrogen and oxygen atoms in total. The van der Waals surface area contributed by atoms with Gasteiger partial charge in [-0.2, -0.15) is 13.2 Å². The second-order valence-corrected chi connectivity index (χ2v) is 8.93. The Labute approximate surface area is 180 Å². The Morgan fingerprint density at radius 3 is 2.63 bits per heavy atom. The number of ketones is 1. The van der Waals surface area contributed by atoms with E-state index in [1.807, 2.05) is 36.6 Å². The fraction of sp³-hybridized carbons (Fsp3) is 0.217. The van der Waals surface area contributed by atoms with Gasteiger partial charge in [0.05, 0.1) is 21.0 Å². The fourth-order valence-corrected chi connectivity index (χ4v) is 5.29. The number of alkyl halides is 3. The van der Waals surface area contributed by atoms with Crippen molar-refractivity contribution in [1.82, 2.24) is 4.98 Å². The molecule has 0 amide bonds. The van der Waals surface area contributed by atoms with Crippen LogP contribution in [0.4, 0.5) is 13.2 Å². The lowest BCUT2D eigenvalue weighted by Gasteiger charge is -2.08. The number of hydrogen-bond acceptors (Lipinski definition) is 4. The maximum absolute atomic E-state index is 13.1. The first-order chi connectivity index (χ1) is 14.4. The van der Waals surface area contributed by atoms with Crippen LogP contribution < -0.4 is 0 Å². The summed E-state index contributed by atoms with van der Waals surface area (Å²) in [4.78, 5) is 20.2. The molecule has 154 valence electrons. The molecule has 1 aromatic carbocycles. The third-order valence-electron chi connectivity index (χ3n) is 4.80. The van der Waals surface area contributed by atoms with Gasteiger partial charge in [0.1, 0.15) is 4.83 Å². The first kappa shape index (κ1) is 20.8. The molecule has 7 heteroatoms. The van der Waals surface area contributed by atoms with Gasteiger partial charge in [-0.1, -0.05) is 37.6 Å². The minimum absolute atomic E-state index is 0.0642. The third-order valence-corrected chi connectivity index (χ3v) is 6.88. The van der Waals surface area contributed by atoms with E-state index >= 15 is 0 Å². The number of thiophene rings is 2. The monoisotopic (exact) mass is 445 g/mol. The van der Waals surface area contributed by atoms with Crippen LogP contribution in [0, 0.1) is 0 Å². The number of halogens is 3. The van der Waals surface area contributed by atoms with Crippen molar-refractivity contribution in [3.63, 3.8) is 0 Å². The largest absolute Gasteiger partial charge is 0.416 e. The molecule has 0 aliphatic rings. The highest BCUT2D eigenvalue weighted by atomic mass is 32.1. The van der Waals surface area contributed by atoms with Crippen molar-refractivity contribution < 1.29 is 18.0 Å². The minimum Gasteiger partial charge on any atom is -0.293 e. The highest BCUT2D eigenvalue weighted by Crippen LogP contribution is 2.35. The molecule has 0 N–H and O–H groups in total. The molecule has 3 aromatic heterocycles. The zero-order chi connectivity index (χ0) is 21.3. The van der Waals surface area contributed by atoms with Crippen LogP contribution in [0.2, 0.25) is 0 Å².